The van der Waals surface area contributed by atoms with Crippen molar-refractivity contribution in [3.8, 4) is 5.75 Å². The molecule has 156 valence electrons. The Hall–Kier alpha value is -2.38. The average molecular weight is 417 g/mol. The molecule has 2 aromatic carbocycles. The molecule has 0 unspecified atom stereocenters. The second-order valence-corrected chi connectivity index (χ2v) is 9.55. The highest BCUT2D eigenvalue weighted by Crippen LogP contribution is 2.31. The minimum absolute atomic E-state index is 0.148. The number of ether oxygens (including phenoxy) is 1. The van der Waals surface area contributed by atoms with Gasteiger partial charge in [0.15, 0.2) is 0 Å². The summed E-state index contributed by atoms with van der Waals surface area (Å²) < 4.78 is 33.2. The first-order valence-corrected chi connectivity index (χ1v) is 11.2. The summed E-state index contributed by atoms with van der Waals surface area (Å²) >= 11 is 0. The van der Waals surface area contributed by atoms with Crippen LogP contribution in [0.3, 0.4) is 0 Å². The van der Waals surface area contributed by atoms with Crippen LogP contribution in [-0.4, -0.2) is 38.8 Å². The zero-order valence-corrected chi connectivity index (χ0v) is 18.2. The van der Waals surface area contributed by atoms with Gasteiger partial charge in [-0.1, -0.05) is 12.1 Å². The van der Waals surface area contributed by atoms with Gasteiger partial charge < -0.3 is 10.1 Å². The molecule has 29 heavy (non-hydrogen) atoms. The summed E-state index contributed by atoms with van der Waals surface area (Å²) in [5, 5.41) is 2.94. The van der Waals surface area contributed by atoms with Gasteiger partial charge in [-0.05, 0) is 74.6 Å². The molecule has 1 aliphatic rings. The summed E-state index contributed by atoms with van der Waals surface area (Å²) in [6.07, 6.45) is 1.30. The maximum atomic E-state index is 13.2. The zero-order chi connectivity index (χ0) is 21.2. The Morgan fingerprint density at radius 1 is 1.10 bits per heavy atom. The van der Waals surface area contributed by atoms with Gasteiger partial charge in [-0.2, -0.15) is 4.31 Å². The minimum Gasteiger partial charge on any atom is -0.495 e. The van der Waals surface area contributed by atoms with E-state index >= 15 is 0 Å². The fourth-order valence-corrected chi connectivity index (χ4v) is 5.33. The van der Waals surface area contributed by atoms with Gasteiger partial charge in [0, 0.05) is 18.8 Å². The first kappa shape index (κ1) is 21.3. The predicted octanol–water partition coefficient (Wildman–Crippen LogP) is 3.66. The third-order valence-electron chi connectivity index (χ3n) is 5.47. The summed E-state index contributed by atoms with van der Waals surface area (Å²) in [6.45, 7) is 6.41. The third kappa shape index (κ3) is 4.62. The highest BCUT2D eigenvalue weighted by atomic mass is 32.2. The maximum absolute atomic E-state index is 13.2. The van der Waals surface area contributed by atoms with Crippen LogP contribution in [0.15, 0.2) is 41.3 Å². The lowest BCUT2D eigenvalue weighted by Crippen LogP contribution is -2.43. The normalized spacial score (nSPS) is 17.7. The van der Waals surface area contributed by atoms with Crippen LogP contribution >= 0.6 is 0 Å². The van der Waals surface area contributed by atoms with Crippen molar-refractivity contribution in [2.75, 3.05) is 25.5 Å². The van der Waals surface area contributed by atoms with E-state index in [-0.39, 0.29) is 17.3 Å². The van der Waals surface area contributed by atoms with Crippen LogP contribution in [0.1, 0.15) is 29.5 Å². The van der Waals surface area contributed by atoms with E-state index in [9.17, 15) is 13.2 Å². The van der Waals surface area contributed by atoms with Crippen molar-refractivity contribution in [1.29, 1.82) is 0 Å². The molecule has 2 aromatic rings. The van der Waals surface area contributed by atoms with Crippen molar-refractivity contribution < 1.29 is 17.9 Å². The summed E-state index contributed by atoms with van der Waals surface area (Å²) in [7, 11) is -2.29. The molecule has 1 heterocycles. The zero-order valence-electron chi connectivity index (χ0n) is 17.4. The van der Waals surface area contributed by atoms with E-state index in [4.69, 9.17) is 4.74 Å². The molecule has 0 saturated carbocycles. The van der Waals surface area contributed by atoms with Crippen molar-refractivity contribution in [2.45, 2.75) is 38.5 Å². The molecule has 0 spiro atoms. The van der Waals surface area contributed by atoms with Gasteiger partial charge in [0.25, 0.3) is 0 Å². The maximum Gasteiger partial charge on any atom is 0.246 e. The Labute approximate surface area is 172 Å². The first-order chi connectivity index (χ1) is 13.7. The van der Waals surface area contributed by atoms with Crippen molar-refractivity contribution in [3.63, 3.8) is 0 Å². The molecule has 1 fully saturated rings. The highest BCUT2D eigenvalue weighted by Gasteiger charge is 2.35. The summed E-state index contributed by atoms with van der Waals surface area (Å²) in [5.41, 5.74) is 3.83. The number of amides is 1. The molecule has 3 rings (SSSR count). The molecule has 1 atom stereocenters. The van der Waals surface area contributed by atoms with Gasteiger partial charge in [0.1, 0.15) is 10.6 Å². The van der Waals surface area contributed by atoms with Crippen molar-refractivity contribution >= 4 is 21.6 Å². The summed E-state index contributed by atoms with van der Waals surface area (Å²) in [5.74, 6) is -0.224. The van der Waals surface area contributed by atoms with Gasteiger partial charge >= 0.3 is 0 Å². The molecule has 1 amide bonds. The van der Waals surface area contributed by atoms with E-state index in [1.165, 1.54) is 11.4 Å². The lowest BCUT2D eigenvalue weighted by Gasteiger charge is -2.31. The number of carbonyl (C=O) groups excluding carboxylic acids is 1. The van der Waals surface area contributed by atoms with Crippen LogP contribution in [-0.2, 0) is 14.8 Å². The lowest BCUT2D eigenvalue weighted by atomic mass is 9.98. The van der Waals surface area contributed by atoms with Crippen LogP contribution in [0, 0.1) is 26.7 Å². The highest BCUT2D eigenvalue weighted by molar-refractivity contribution is 7.89. The molecule has 0 aliphatic carbocycles. The number of nitrogens with one attached hydrogen (secondary N) is 1. The number of methoxy groups -OCH3 is 1. The van der Waals surface area contributed by atoms with E-state index in [2.05, 4.69) is 5.32 Å². The Bertz CT molecular complexity index is 1020. The fourth-order valence-electron chi connectivity index (χ4n) is 3.56. The molecule has 0 aromatic heterocycles. The number of aryl methyl sites for hydroxylation is 3. The standard InChI is InChI=1S/C22H28N2O4S/c1-15-7-10-20(28-4)21(12-15)29(26,27)24-11-5-6-18(14-24)22(25)23-19-9-8-16(2)17(3)13-19/h7-10,12-13,18H,5-6,11,14H2,1-4H3,(H,23,25)/t18-/m1/s1. The molecule has 7 heteroatoms. The van der Waals surface area contributed by atoms with Crippen molar-refractivity contribution in [1.82, 2.24) is 4.31 Å². The number of carbonyl (C=O) groups is 1. The van der Waals surface area contributed by atoms with Gasteiger partial charge in [-0.15, -0.1) is 0 Å². The molecule has 1 aliphatic heterocycles. The molecule has 0 bridgehead atoms. The number of hydrogen-bond donors (Lipinski definition) is 1. The van der Waals surface area contributed by atoms with Gasteiger partial charge in [-0.25, -0.2) is 8.42 Å². The molecular formula is C22H28N2O4S. The van der Waals surface area contributed by atoms with Crippen molar-refractivity contribution in [2.24, 2.45) is 5.92 Å². The van der Waals surface area contributed by atoms with E-state index in [0.717, 1.165) is 22.4 Å². The topological polar surface area (TPSA) is 75.7 Å². The fraction of sp³-hybridized carbons (Fsp3) is 0.409. The SMILES string of the molecule is COc1ccc(C)cc1S(=O)(=O)N1CCC[C@@H](C(=O)Nc2ccc(C)c(C)c2)C1. The van der Waals surface area contributed by atoms with E-state index < -0.39 is 15.9 Å². The number of nitrogens with zero attached hydrogens (tertiary/aromatic N) is 1. The second kappa shape index (κ2) is 8.55. The van der Waals surface area contributed by atoms with E-state index in [1.807, 2.05) is 45.0 Å². The Morgan fingerprint density at radius 3 is 2.55 bits per heavy atom. The lowest BCUT2D eigenvalue weighted by molar-refractivity contribution is -0.120. The minimum atomic E-state index is -3.75. The molecular weight excluding hydrogens is 388 g/mol. The van der Waals surface area contributed by atoms with Crippen LogP contribution in [0.2, 0.25) is 0 Å². The Kier molecular flexibility index (Phi) is 6.29. The molecule has 1 saturated heterocycles. The molecule has 1 N–H and O–H groups in total. The number of sulfonamides is 1. The summed E-state index contributed by atoms with van der Waals surface area (Å²) in [4.78, 5) is 12.9. The smallest absolute Gasteiger partial charge is 0.246 e. The Balaban J connectivity index is 1.78. The van der Waals surface area contributed by atoms with Gasteiger partial charge in [0.05, 0.1) is 13.0 Å². The second-order valence-electron chi connectivity index (χ2n) is 7.64. The third-order valence-corrected chi connectivity index (χ3v) is 7.35. The largest absolute Gasteiger partial charge is 0.495 e. The average Bonchev–Trinajstić information content (AvgIpc) is 2.70. The molecule has 6 nitrogen and oxygen atoms in total. The van der Waals surface area contributed by atoms with Gasteiger partial charge in [-0.3, -0.25) is 4.79 Å². The van der Waals surface area contributed by atoms with Crippen LogP contribution in [0.5, 0.6) is 5.75 Å². The van der Waals surface area contributed by atoms with Gasteiger partial charge in [0.2, 0.25) is 15.9 Å². The number of rotatable bonds is 5. The Morgan fingerprint density at radius 2 is 1.86 bits per heavy atom. The molecule has 0 radical (unpaired) electrons. The van der Waals surface area contributed by atoms with E-state index in [0.29, 0.717) is 25.1 Å². The quantitative estimate of drug-likeness (QED) is 0.807. The van der Waals surface area contributed by atoms with Crippen LogP contribution in [0.25, 0.3) is 0 Å². The number of benzene rings is 2. The monoisotopic (exact) mass is 416 g/mol. The number of piperidine rings is 1. The van der Waals surface area contributed by atoms with Crippen molar-refractivity contribution in [3.05, 3.63) is 53.1 Å². The van der Waals surface area contributed by atoms with E-state index in [1.54, 1.807) is 12.1 Å². The van der Waals surface area contributed by atoms with Crippen LogP contribution < -0.4 is 10.1 Å². The number of hydrogen-bond acceptors (Lipinski definition) is 4. The van der Waals surface area contributed by atoms with Crippen LogP contribution in [0.4, 0.5) is 5.69 Å². The number of anilines is 1. The summed E-state index contributed by atoms with van der Waals surface area (Å²) in [6, 6.07) is 10.9. The predicted molar refractivity (Wildman–Crippen MR) is 114 cm³/mol. The first-order valence-electron chi connectivity index (χ1n) is 9.75.